The number of benzene rings is 1. The minimum Gasteiger partial charge on any atom is -0.372 e. The molecule has 0 amide bonds. The summed E-state index contributed by atoms with van der Waals surface area (Å²) in [5, 5.41) is 3.62. The number of hydrogen-bond acceptors (Lipinski definition) is 2. The van der Waals surface area contributed by atoms with E-state index in [9.17, 15) is 0 Å². The Kier molecular flexibility index (Phi) is 3.40. The van der Waals surface area contributed by atoms with Crippen LogP contribution in [0.5, 0.6) is 0 Å². The van der Waals surface area contributed by atoms with E-state index in [1.807, 2.05) is 0 Å². The largest absolute Gasteiger partial charge is 0.372 e. The molecule has 1 aromatic rings. The van der Waals surface area contributed by atoms with Gasteiger partial charge in [0.05, 0.1) is 12.7 Å². The fourth-order valence-corrected chi connectivity index (χ4v) is 3.39. The third-order valence-electron chi connectivity index (χ3n) is 4.50. The van der Waals surface area contributed by atoms with E-state index in [0.717, 1.165) is 19.7 Å². The first-order chi connectivity index (χ1) is 8.77. The van der Waals surface area contributed by atoms with Crippen molar-refractivity contribution in [2.75, 3.05) is 19.7 Å². The van der Waals surface area contributed by atoms with Crippen LogP contribution < -0.4 is 5.32 Å². The molecule has 1 heterocycles. The summed E-state index contributed by atoms with van der Waals surface area (Å²) in [5.41, 5.74) is 3.06. The molecule has 1 aliphatic heterocycles. The van der Waals surface area contributed by atoms with Gasteiger partial charge in [0.25, 0.3) is 0 Å². The number of hydrogen-bond donors (Lipinski definition) is 1. The summed E-state index contributed by atoms with van der Waals surface area (Å²) in [7, 11) is 0. The van der Waals surface area contributed by atoms with Crippen molar-refractivity contribution in [1.29, 1.82) is 0 Å². The Labute approximate surface area is 110 Å². The monoisotopic (exact) mass is 245 g/mol. The van der Waals surface area contributed by atoms with Gasteiger partial charge in [-0.3, -0.25) is 0 Å². The molecule has 3 rings (SSSR count). The zero-order valence-corrected chi connectivity index (χ0v) is 11.2. The molecule has 1 unspecified atom stereocenters. The van der Waals surface area contributed by atoms with E-state index in [0.29, 0.717) is 5.41 Å². The summed E-state index contributed by atoms with van der Waals surface area (Å²) < 4.78 is 6.22. The molecule has 0 bridgehead atoms. The molecule has 2 heteroatoms. The Hall–Kier alpha value is -0.860. The molecule has 18 heavy (non-hydrogen) atoms. The van der Waals surface area contributed by atoms with Crippen molar-refractivity contribution in [2.45, 2.75) is 38.7 Å². The van der Waals surface area contributed by atoms with Crippen LogP contribution in [0.1, 0.15) is 42.9 Å². The third-order valence-corrected chi connectivity index (χ3v) is 4.50. The van der Waals surface area contributed by atoms with Crippen molar-refractivity contribution in [2.24, 2.45) is 5.41 Å². The van der Waals surface area contributed by atoms with Gasteiger partial charge in [-0.05, 0) is 25.3 Å². The number of aryl methyl sites for hydroxylation is 1. The molecular formula is C16H23NO. The zero-order valence-electron chi connectivity index (χ0n) is 11.2. The summed E-state index contributed by atoms with van der Waals surface area (Å²) in [6, 6.07) is 8.71. The number of ether oxygens (including phenoxy) is 1. The summed E-state index contributed by atoms with van der Waals surface area (Å²) in [5.74, 6) is 0. The lowest BCUT2D eigenvalue weighted by atomic mass is 9.87. The van der Waals surface area contributed by atoms with Gasteiger partial charge in [0.15, 0.2) is 0 Å². The quantitative estimate of drug-likeness (QED) is 0.820. The second kappa shape index (κ2) is 5.02. The van der Waals surface area contributed by atoms with Crippen LogP contribution in [0, 0.1) is 12.3 Å². The van der Waals surface area contributed by atoms with Gasteiger partial charge < -0.3 is 10.1 Å². The molecule has 0 radical (unpaired) electrons. The molecule has 0 aromatic heterocycles. The Balaban J connectivity index is 1.72. The normalized spacial score (nSPS) is 27.3. The Bertz CT molecular complexity index is 409. The van der Waals surface area contributed by atoms with Crippen LogP contribution in [0.2, 0.25) is 0 Å². The molecule has 1 aliphatic carbocycles. The van der Waals surface area contributed by atoms with Crippen molar-refractivity contribution in [3.63, 3.8) is 0 Å². The first-order valence-electron chi connectivity index (χ1n) is 7.16. The van der Waals surface area contributed by atoms with Gasteiger partial charge >= 0.3 is 0 Å². The molecule has 1 saturated heterocycles. The lowest BCUT2D eigenvalue weighted by Crippen LogP contribution is -2.32. The van der Waals surface area contributed by atoms with Crippen molar-refractivity contribution in [1.82, 2.24) is 5.32 Å². The lowest BCUT2D eigenvalue weighted by Gasteiger charge is -2.26. The highest BCUT2D eigenvalue weighted by Gasteiger charge is 2.36. The average Bonchev–Trinajstić information content (AvgIpc) is 2.71. The van der Waals surface area contributed by atoms with Crippen molar-refractivity contribution in [3.8, 4) is 0 Å². The summed E-state index contributed by atoms with van der Waals surface area (Å²) in [6.45, 7) is 5.16. The Morgan fingerprint density at radius 3 is 2.89 bits per heavy atom. The molecular weight excluding hydrogens is 222 g/mol. The van der Waals surface area contributed by atoms with Crippen LogP contribution in [0.3, 0.4) is 0 Å². The van der Waals surface area contributed by atoms with Crippen LogP contribution in [-0.4, -0.2) is 19.7 Å². The smallest absolute Gasteiger partial charge is 0.0949 e. The van der Waals surface area contributed by atoms with Crippen LogP contribution in [0.15, 0.2) is 24.3 Å². The molecule has 1 N–H and O–H groups in total. The predicted octanol–water partition coefficient (Wildman–Crippen LogP) is 3.22. The summed E-state index contributed by atoms with van der Waals surface area (Å²) >= 11 is 0. The van der Waals surface area contributed by atoms with E-state index in [-0.39, 0.29) is 6.10 Å². The molecule has 2 fully saturated rings. The van der Waals surface area contributed by atoms with Crippen molar-refractivity contribution < 1.29 is 4.74 Å². The molecule has 2 nitrogen and oxygen atoms in total. The summed E-state index contributed by atoms with van der Waals surface area (Å²) in [6.07, 6.45) is 5.64. The highest BCUT2D eigenvalue weighted by Crippen LogP contribution is 2.40. The third kappa shape index (κ3) is 2.45. The summed E-state index contributed by atoms with van der Waals surface area (Å²) in [4.78, 5) is 0. The predicted molar refractivity (Wildman–Crippen MR) is 73.6 cm³/mol. The SMILES string of the molecule is Cc1cccc(C2CNCC3(CCCC3)CO2)c1. The molecule has 1 spiro atoms. The zero-order chi connectivity index (χ0) is 12.4. The maximum Gasteiger partial charge on any atom is 0.0949 e. The minimum atomic E-state index is 0.227. The maximum absolute atomic E-state index is 6.22. The fraction of sp³-hybridized carbons (Fsp3) is 0.625. The van der Waals surface area contributed by atoms with Crippen LogP contribution >= 0.6 is 0 Å². The molecule has 1 aromatic carbocycles. The van der Waals surface area contributed by atoms with Gasteiger partial charge in [-0.25, -0.2) is 0 Å². The van der Waals surface area contributed by atoms with Crippen LogP contribution in [0.4, 0.5) is 0 Å². The van der Waals surface area contributed by atoms with Gasteiger partial charge in [0.2, 0.25) is 0 Å². The van der Waals surface area contributed by atoms with Crippen LogP contribution in [-0.2, 0) is 4.74 Å². The average molecular weight is 245 g/mol. The van der Waals surface area contributed by atoms with E-state index in [1.165, 1.54) is 36.8 Å². The standard InChI is InChI=1S/C16H23NO/c1-13-5-4-6-14(9-13)15-10-17-11-16(12-18-15)7-2-3-8-16/h4-6,9,15,17H,2-3,7-8,10-12H2,1H3. The van der Waals surface area contributed by atoms with Gasteiger partial charge in [-0.15, -0.1) is 0 Å². The highest BCUT2D eigenvalue weighted by molar-refractivity contribution is 5.24. The van der Waals surface area contributed by atoms with E-state index >= 15 is 0 Å². The van der Waals surface area contributed by atoms with Gasteiger partial charge in [0, 0.05) is 18.5 Å². The van der Waals surface area contributed by atoms with E-state index in [2.05, 4.69) is 36.5 Å². The van der Waals surface area contributed by atoms with Crippen molar-refractivity contribution in [3.05, 3.63) is 35.4 Å². The second-order valence-corrected chi connectivity index (χ2v) is 6.05. The fourth-order valence-electron chi connectivity index (χ4n) is 3.39. The topological polar surface area (TPSA) is 21.3 Å². The first kappa shape index (κ1) is 12.2. The number of nitrogens with one attached hydrogen (secondary N) is 1. The Morgan fingerprint density at radius 1 is 1.28 bits per heavy atom. The second-order valence-electron chi connectivity index (χ2n) is 6.05. The lowest BCUT2D eigenvalue weighted by molar-refractivity contribution is 0.0158. The van der Waals surface area contributed by atoms with E-state index in [4.69, 9.17) is 4.74 Å². The molecule has 98 valence electrons. The molecule has 2 aliphatic rings. The Morgan fingerprint density at radius 2 is 2.11 bits per heavy atom. The van der Waals surface area contributed by atoms with E-state index in [1.54, 1.807) is 0 Å². The highest BCUT2D eigenvalue weighted by atomic mass is 16.5. The molecule has 1 atom stereocenters. The van der Waals surface area contributed by atoms with Gasteiger partial charge in [-0.2, -0.15) is 0 Å². The molecule has 1 saturated carbocycles. The maximum atomic E-state index is 6.22. The van der Waals surface area contributed by atoms with Gasteiger partial charge in [0.1, 0.15) is 0 Å². The van der Waals surface area contributed by atoms with E-state index < -0.39 is 0 Å². The first-order valence-corrected chi connectivity index (χ1v) is 7.16. The van der Waals surface area contributed by atoms with Crippen molar-refractivity contribution >= 4 is 0 Å². The minimum absolute atomic E-state index is 0.227. The van der Waals surface area contributed by atoms with Gasteiger partial charge in [-0.1, -0.05) is 42.7 Å². The van der Waals surface area contributed by atoms with Crippen LogP contribution in [0.25, 0.3) is 0 Å². The number of rotatable bonds is 1.